The molecule has 29 heavy (non-hydrogen) atoms. The SMILES string of the molecule is O=C(c1ccc(F)cc1)N1CCC[C@H](c2cccc(Cc3ccc(F)cc3)n2)C1. The van der Waals surface area contributed by atoms with E-state index in [1.165, 1.54) is 36.4 Å². The van der Waals surface area contributed by atoms with E-state index in [4.69, 9.17) is 4.98 Å². The molecule has 2 aromatic carbocycles. The molecule has 0 spiro atoms. The molecule has 1 saturated heterocycles. The average Bonchev–Trinajstić information content (AvgIpc) is 2.76. The fraction of sp³-hybridized carbons (Fsp3) is 0.250. The van der Waals surface area contributed by atoms with Gasteiger partial charge in [-0.25, -0.2) is 8.78 Å². The molecule has 1 atom stereocenters. The van der Waals surface area contributed by atoms with Gasteiger partial charge in [-0.15, -0.1) is 0 Å². The van der Waals surface area contributed by atoms with Crippen molar-refractivity contribution in [2.24, 2.45) is 0 Å². The summed E-state index contributed by atoms with van der Waals surface area (Å²) >= 11 is 0. The highest BCUT2D eigenvalue weighted by Gasteiger charge is 2.26. The van der Waals surface area contributed by atoms with Crippen molar-refractivity contribution < 1.29 is 13.6 Å². The number of likely N-dealkylation sites (tertiary alicyclic amines) is 1. The molecule has 4 rings (SSSR count). The summed E-state index contributed by atoms with van der Waals surface area (Å²) in [4.78, 5) is 19.4. The molecule has 148 valence electrons. The number of aromatic nitrogens is 1. The Bertz CT molecular complexity index is 987. The Balaban J connectivity index is 1.47. The number of pyridine rings is 1. The number of halogens is 2. The number of carbonyl (C=O) groups is 1. The van der Waals surface area contributed by atoms with E-state index >= 15 is 0 Å². The van der Waals surface area contributed by atoms with E-state index in [-0.39, 0.29) is 23.5 Å². The van der Waals surface area contributed by atoms with Crippen LogP contribution in [0.4, 0.5) is 8.78 Å². The van der Waals surface area contributed by atoms with E-state index in [0.717, 1.165) is 29.8 Å². The van der Waals surface area contributed by atoms with Crippen molar-refractivity contribution in [1.29, 1.82) is 0 Å². The molecule has 0 N–H and O–H groups in total. The molecule has 1 aromatic heterocycles. The Kier molecular flexibility index (Phi) is 5.65. The van der Waals surface area contributed by atoms with Crippen molar-refractivity contribution >= 4 is 5.91 Å². The number of carbonyl (C=O) groups excluding carboxylic acids is 1. The van der Waals surface area contributed by atoms with Gasteiger partial charge in [0.05, 0.1) is 0 Å². The van der Waals surface area contributed by atoms with Crippen molar-refractivity contribution in [2.75, 3.05) is 13.1 Å². The molecule has 1 aliphatic heterocycles. The maximum Gasteiger partial charge on any atom is 0.253 e. The lowest BCUT2D eigenvalue weighted by Gasteiger charge is -2.32. The number of hydrogen-bond donors (Lipinski definition) is 0. The van der Waals surface area contributed by atoms with Crippen molar-refractivity contribution in [3.05, 3.63) is 101 Å². The van der Waals surface area contributed by atoms with E-state index in [0.29, 0.717) is 25.1 Å². The molecule has 0 bridgehead atoms. The Morgan fingerprint density at radius 3 is 2.38 bits per heavy atom. The molecule has 5 heteroatoms. The minimum Gasteiger partial charge on any atom is -0.338 e. The summed E-state index contributed by atoms with van der Waals surface area (Å²) in [6.07, 6.45) is 2.51. The van der Waals surface area contributed by atoms with Crippen molar-refractivity contribution in [1.82, 2.24) is 9.88 Å². The second-order valence-electron chi connectivity index (χ2n) is 7.45. The van der Waals surface area contributed by atoms with Crippen LogP contribution in [0.3, 0.4) is 0 Å². The molecule has 3 nitrogen and oxygen atoms in total. The largest absolute Gasteiger partial charge is 0.338 e. The normalized spacial score (nSPS) is 16.6. The van der Waals surface area contributed by atoms with Gasteiger partial charge in [-0.3, -0.25) is 9.78 Å². The number of nitrogens with zero attached hydrogens (tertiary/aromatic N) is 2. The van der Waals surface area contributed by atoms with E-state index in [1.807, 2.05) is 23.1 Å². The van der Waals surface area contributed by atoms with E-state index in [9.17, 15) is 13.6 Å². The van der Waals surface area contributed by atoms with Gasteiger partial charge in [0.15, 0.2) is 0 Å². The molecular weight excluding hydrogens is 370 g/mol. The molecule has 0 unspecified atom stereocenters. The van der Waals surface area contributed by atoms with Crippen LogP contribution in [0.15, 0.2) is 66.7 Å². The maximum absolute atomic E-state index is 13.1. The first-order chi connectivity index (χ1) is 14.1. The van der Waals surface area contributed by atoms with Gasteiger partial charge in [-0.2, -0.15) is 0 Å². The summed E-state index contributed by atoms with van der Waals surface area (Å²) in [7, 11) is 0. The molecule has 1 amide bonds. The molecule has 2 heterocycles. The smallest absolute Gasteiger partial charge is 0.253 e. The minimum absolute atomic E-state index is 0.0721. The van der Waals surface area contributed by atoms with E-state index in [1.54, 1.807) is 12.1 Å². The molecule has 1 aliphatic rings. The van der Waals surface area contributed by atoms with Crippen LogP contribution in [-0.4, -0.2) is 28.9 Å². The van der Waals surface area contributed by atoms with Crippen molar-refractivity contribution in [2.45, 2.75) is 25.2 Å². The molecular formula is C24H22F2N2O. The number of hydrogen-bond acceptors (Lipinski definition) is 2. The van der Waals surface area contributed by atoms with Gasteiger partial charge in [-0.05, 0) is 66.9 Å². The van der Waals surface area contributed by atoms with E-state index in [2.05, 4.69) is 0 Å². The van der Waals surface area contributed by atoms with Crippen LogP contribution in [-0.2, 0) is 6.42 Å². The van der Waals surface area contributed by atoms with Gasteiger partial charge >= 0.3 is 0 Å². The lowest BCUT2D eigenvalue weighted by Crippen LogP contribution is -2.39. The standard InChI is InChI=1S/C24H22F2N2O/c25-20-10-6-17(7-11-20)15-22-4-1-5-23(27-22)19-3-2-14-28(16-19)24(29)18-8-12-21(26)13-9-18/h1,4-13,19H,2-3,14-16H2/t19-/m0/s1. The Morgan fingerprint density at radius 1 is 0.966 bits per heavy atom. The van der Waals surface area contributed by atoms with Crippen molar-refractivity contribution in [3.8, 4) is 0 Å². The van der Waals surface area contributed by atoms with E-state index < -0.39 is 0 Å². The van der Waals surface area contributed by atoms with Crippen LogP contribution in [0.1, 0.15) is 46.1 Å². The van der Waals surface area contributed by atoms with Crippen LogP contribution >= 0.6 is 0 Å². The zero-order chi connectivity index (χ0) is 20.2. The minimum atomic E-state index is -0.347. The average molecular weight is 392 g/mol. The predicted octanol–water partition coefficient (Wildman–Crippen LogP) is 4.97. The third kappa shape index (κ3) is 4.67. The lowest BCUT2D eigenvalue weighted by molar-refractivity contribution is 0.0706. The summed E-state index contributed by atoms with van der Waals surface area (Å²) in [5.74, 6) is -0.498. The highest BCUT2D eigenvalue weighted by molar-refractivity contribution is 5.94. The van der Waals surface area contributed by atoms with Gasteiger partial charge in [0.25, 0.3) is 5.91 Å². The lowest BCUT2D eigenvalue weighted by atomic mass is 9.93. The molecule has 1 fully saturated rings. The Hall–Kier alpha value is -3.08. The Morgan fingerprint density at radius 2 is 1.66 bits per heavy atom. The first-order valence-electron chi connectivity index (χ1n) is 9.83. The van der Waals surface area contributed by atoms with Gasteiger partial charge in [-0.1, -0.05) is 18.2 Å². The van der Waals surface area contributed by atoms with Crippen LogP contribution in [0.2, 0.25) is 0 Å². The summed E-state index contributed by atoms with van der Waals surface area (Å²) in [5.41, 5.74) is 3.41. The highest BCUT2D eigenvalue weighted by Crippen LogP contribution is 2.27. The summed E-state index contributed by atoms with van der Waals surface area (Å²) < 4.78 is 26.2. The second-order valence-corrected chi connectivity index (χ2v) is 7.45. The van der Waals surface area contributed by atoms with Crippen LogP contribution in [0, 0.1) is 11.6 Å². The zero-order valence-electron chi connectivity index (χ0n) is 16.0. The van der Waals surface area contributed by atoms with Crippen LogP contribution < -0.4 is 0 Å². The fourth-order valence-corrected chi connectivity index (χ4v) is 3.81. The van der Waals surface area contributed by atoms with Crippen molar-refractivity contribution in [3.63, 3.8) is 0 Å². The van der Waals surface area contributed by atoms with Gasteiger partial charge in [0.2, 0.25) is 0 Å². The second kappa shape index (κ2) is 8.52. The number of benzene rings is 2. The monoisotopic (exact) mass is 392 g/mol. The third-order valence-electron chi connectivity index (χ3n) is 5.34. The van der Waals surface area contributed by atoms with Gasteiger partial charge < -0.3 is 4.90 Å². The third-order valence-corrected chi connectivity index (χ3v) is 5.34. The quantitative estimate of drug-likeness (QED) is 0.628. The maximum atomic E-state index is 13.1. The van der Waals surface area contributed by atoms with Crippen LogP contribution in [0.25, 0.3) is 0 Å². The van der Waals surface area contributed by atoms with Crippen LogP contribution in [0.5, 0.6) is 0 Å². The Labute approximate surface area is 169 Å². The first kappa shape index (κ1) is 19.2. The summed E-state index contributed by atoms with van der Waals surface area (Å²) in [6.45, 7) is 1.30. The summed E-state index contributed by atoms with van der Waals surface area (Å²) in [6, 6.07) is 18.1. The van der Waals surface area contributed by atoms with Gasteiger partial charge in [0, 0.05) is 42.4 Å². The zero-order valence-corrected chi connectivity index (χ0v) is 16.0. The topological polar surface area (TPSA) is 33.2 Å². The number of piperidine rings is 1. The number of rotatable bonds is 4. The molecule has 0 radical (unpaired) electrons. The fourth-order valence-electron chi connectivity index (χ4n) is 3.81. The summed E-state index contributed by atoms with van der Waals surface area (Å²) in [5, 5.41) is 0. The molecule has 0 aliphatic carbocycles. The highest BCUT2D eigenvalue weighted by atomic mass is 19.1. The molecule has 0 saturated carbocycles. The van der Waals surface area contributed by atoms with Gasteiger partial charge in [0.1, 0.15) is 11.6 Å². The number of amides is 1. The molecule has 3 aromatic rings. The predicted molar refractivity (Wildman–Crippen MR) is 108 cm³/mol. The first-order valence-corrected chi connectivity index (χ1v) is 9.83.